The van der Waals surface area contributed by atoms with Crippen molar-refractivity contribution >= 4 is 66.9 Å². The van der Waals surface area contributed by atoms with Crippen LogP contribution in [0.1, 0.15) is 0 Å². The molecule has 7 heavy (non-hydrogen) atoms. The van der Waals surface area contributed by atoms with Crippen LogP contribution in [-0.2, 0) is 0 Å². The molecule has 0 unspecified atom stereocenters. The average Bonchev–Trinajstić information content (AvgIpc) is 0.811. The molecule has 0 amide bonds. The van der Waals surface area contributed by atoms with Gasteiger partial charge in [0.2, 0.25) is 0 Å². The predicted octanol–water partition coefficient (Wildman–Crippen LogP) is -6.20. The first-order valence-corrected chi connectivity index (χ1v) is 0.612. The van der Waals surface area contributed by atoms with Gasteiger partial charge in [0.05, 0.1) is 0 Å². The Hall–Kier alpha value is 1.59. The zero-order valence-corrected chi connectivity index (χ0v) is 7.90. The molecule has 0 aromatic carbocycles. The molecule has 0 atom stereocenters. The zero-order valence-electron chi connectivity index (χ0n) is 3.52. The fraction of sp³-hybridized carbons (Fsp3) is 0. The quantitative estimate of drug-likeness (QED) is 0.331. The largest absolute Gasteiger partial charge is 2.00 e. The Morgan fingerprint density at radius 3 is 1.29 bits per heavy atom. The van der Waals surface area contributed by atoms with Crippen LogP contribution in [0.2, 0.25) is 0 Å². The molecule has 0 spiro atoms. The number of rotatable bonds is 0. The molecule has 0 aliphatic heterocycles. The smallest absolute Gasteiger partial charge is 1.00 e. The minimum atomic E-state index is -2.33. The van der Waals surface area contributed by atoms with Crippen molar-refractivity contribution in [3.63, 3.8) is 0 Å². The van der Waals surface area contributed by atoms with Gasteiger partial charge in [-0.25, -0.2) is 0 Å². The Labute approximate surface area is 93.0 Å². The molecule has 6 heteroatoms. The van der Waals surface area contributed by atoms with Crippen LogP contribution in [0, 0.1) is 0 Å². The van der Waals surface area contributed by atoms with E-state index in [1.165, 1.54) is 0 Å². The number of halogens is 1. The molecule has 0 bridgehead atoms. The fourth-order valence-corrected chi connectivity index (χ4v) is 0. The van der Waals surface area contributed by atoms with Crippen LogP contribution >= 0.6 is 0 Å². The monoisotopic (exact) mass is 159 g/mol. The van der Waals surface area contributed by atoms with Crippen molar-refractivity contribution in [2.75, 3.05) is 0 Å². The van der Waals surface area contributed by atoms with Gasteiger partial charge in [0.15, 0.2) is 0 Å². The van der Waals surface area contributed by atoms with Crippen molar-refractivity contribution in [1.82, 2.24) is 0 Å². The summed E-state index contributed by atoms with van der Waals surface area (Å²) in [6.07, 6.45) is -2.33. The molecule has 0 aromatic rings. The van der Waals surface area contributed by atoms with Gasteiger partial charge >= 0.3 is 60.8 Å². The van der Waals surface area contributed by atoms with Crippen LogP contribution in [0.4, 0.5) is 4.79 Å². The van der Waals surface area contributed by atoms with Crippen LogP contribution in [0.25, 0.3) is 0 Å². The number of carboxylic acid groups (broad SMARTS) is 2. The molecule has 0 saturated carbocycles. The Morgan fingerprint density at radius 2 is 1.29 bits per heavy atom. The van der Waals surface area contributed by atoms with E-state index in [4.69, 9.17) is 15.0 Å². The van der Waals surface area contributed by atoms with Crippen LogP contribution in [0.15, 0.2) is 0 Å². The molecule has 0 radical (unpaired) electrons. The van der Waals surface area contributed by atoms with E-state index in [1.807, 2.05) is 0 Å². The van der Waals surface area contributed by atoms with Crippen LogP contribution in [-0.4, -0.2) is 66.9 Å². The normalized spacial score (nSPS) is 3.43. The summed E-state index contributed by atoms with van der Waals surface area (Å²) in [5, 5.41) is 16.7. The van der Waals surface area contributed by atoms with Gasteiger partial charge < -0.3 is 27.4 Å². The summed E-state index contributed by atoms with van der Waals surface area (Å²) in [6, 6.07) is 0. The maximum absolute atomic E-state index is 8.33. The van der Waals surface area contributed by atoms with Crippen LogP contribution in [0.5, 0.6) is 0 Å². The molecule has 0 fully saturated rings. The van der Waals surface area contributed by atoms with Gasteiger partial charge in [-0.2, -0.15) is 0 Å². The minimum absolute atomic E-state index is 0. The van der Waals surface area contributed by atoms with Gasteiger partial charge in [-0.05, 0) is 6.16 Å². The Kier molecular flexibility index (Phi) is 52.5. The maximum Gasteiger partial charge on any atom is 2.00 e. The van der Waals surface area contributed by atoms with E-state index in [0.717, 1.165) is 0 Å². The van der Waals surface area contributed by atoms with Crippen molar-refractivity contribution in [2.24, 2.45) is 0 Å². The number of carbonyl (C=O) groups excluding carboxylic acids is 1. The van der Waals surface area contributed by atoms with Crippen molar-refractivity contribution < 1.29 is 27.4 Å². The first kappa shape index (κ1) is 23.5. The third kappa shape index (κ3) is 94.1. The van der Waals surface area contributed by atoms with Crippen molar-refractivity contribution in [2.45, 2.75) is 0 Å². The van der Waals surface area contributed by atoms with E-state index >= 15 is 0 Å². The second kappa shape index (κ2) is 15.6. The molecule has 0 aliphatic carbocycles. The van der Waals surface area contributed by atoms with E-state index in [9.17, 15) is 0 Å². The summed E-state index contributed by atoms with van der Waals surface area (Å²) >= 11 is 0. The van der Waals surface area contributed by atoms with Gasteiger partial charge in [-0.15, -0.1) is 0 Å². The molecule has 0 rings (SSSR count). The molecule has 0 heterocycles. The topological polar surface area (TPSA) is 63.2 Å². The van der Waals surface area contributed by atoms with E-state index in [1.54, 1.807) is 0 Å². The van der Waals surface area contributed by atoms with Gasteiger partial charge in [0, 0.05) is 0 Å². The second-order valence-electron chi connectivity index (χ2n) is 0.250. The Balaban J connectivity index is -0.0000000150. The maximum atomic E-state index is 8.33. The first-order valence-electron chi connectivity index (χ1n) is 0.612. The SMILES string of the molecule is O=C([O-])[O-].[Ca+2].[Cl-].[Mg+2]. The van der Waals surface area contributed by atoms with Gasteiger partial charge in [-0.3, -0.25) is 0 Å². The summed E-state index contributed by atoms with van der Waals surface area (Å²) in [5.74, 6) is 0. The van der Waals surface area contributed by atoms with Gasteiger partial charge in [0.1, 0.15) is 0 Å². The third-order valence-electron chi connectivity index (χ3n) is 0. The summed E-state index contributed by atoms with van der Waals surface area (Å²) in [4.78, 5) is 8.33. The second-order valence-corrected chi connectivity index (χ2v) is 0.250. The molecule has 32 valence electrons. The third-order valence-corrected chi connectivity index (χ3v) is 0. The minimum Gasteiger partial charge on any atom is -1.00 e. The standard InChI is InChI=1S/CH2O3.Ca.ClH.Mg/c2-1(3)4;;;/h(H2,2,3,4);;1H;/q;+2;;+2/p-3. The van der Waals surface area contributed by atoms with E-state index in [0.29, 0.717) is 0 Å². The Morgan fingerprint density at radius 1 is 1.29 bits per heavy atom. The van der Waals surface area contributed by atoms with Gasteiger partial charge in [0.25, 0.3) is 0 Å². The van der Waals surface area contributed by atoms with E-state index < -0.39 is 6.16 Å². The van der Waals surface area contributed by atoms with Crippen molar-refractivity contribution in [3.8, 4) is 0 Å². The van der Waals surface area contributed by atoms with E-state index in [2.05, 4.69) is 0 Å². The molecule has 0 N–H and O–H groups in total. The Bertz CT molecular complexity index is 37.9. The number of hydrogen-bond donors (Lipinski definition) is 0. The average molecular weight is 160 g/mol. The summed E-state index contributed by atoms with van der Waals surface area (Å²) in [6.45, 7) is 0. The zero-order chi connectivity index (χ0) is 3.58. The molecule has 0 saturated heterocycles. The molecular weight excluding hydrogens is 160 g/mol. The molecule has 0 aliphatic rings. The van der Waals surface area contributed by atoms with E-state index in [-0.39, 0.29) is 73.2 Å². The molecule has 0 aromatic heterocycles. The fourth-order valence-electron chi connectivity index (χ4n) is 0. The summed E-state index contributed by atoms with van der Waals surface area (Å²) < 4.78 is 0. The summed E-state index contributed by atoms with van der Waals surface area (Å²) in [5.41, 5.74) is 0. The number of carbonyl (C=O) groups is 1. The predicted molar refractivity (Wildman–Crippen MR) is 16.9 cm³/mol. The number of hydrogen-bond acceptors (Lipinski definition) is 3. The molecule has 3 nitrogen and oxygen atoms in total. The first-order chi connectivity index (χ1) is 1.73. The van der Waals surface area contributed by atoms with Crippen molar-refractivity contribution in [3.05, 3.63) is 0 Å². The molecular formula is CCaClMgO3+. The van der Waals surface area contributed by atoms with Crippen LogP contribution in [0.3, 0.4) is 0 Å². The summed E-state index contributed by atoms with van der Waals surface area (Å²) in [7, 11) is 0. The van der Waals surface area contributed by atoms with Crippen LogP contribution < -0.4 is 22.6 Å². The van der Waals surface area contributed by atoms with Crippen molar-refractivity contribution in [1.29, 1.82) is 0 Å². The van der Waals surface area contributed by atoms with Gasteiger partial charge in [-0.1, -0.05) is 0 Å².